The van der Waals surface area contributed by atoms with E-state index in [0.29, 0.717) is 50.6 Å². The lowest BCUT2D eigenvalue weighted by atomic mass is 10.1. The molecule has 0 unspecified atom stereocenters. The van der Waals surface area contributed by atoms with Gasteiger partial charge in [0.25, 0.3) is 28.9 Å². The molecule has 0 aliphatic heterocycles. The van der Waals surface area contributed by atoms with Crippen LogP contribution in [0.25, 0.3) is 0 Å². The van der Waals surface area contributed by atoms with E-state index in [2.05, 4.69) is 35.0 Å². The molecule has 7 aromatic carbocycles. The molecular weight excluding hydrogens is 821 g/mol. The number of carbonyl (C=O) groups excluding carboxylic acids is 5. The summed E-state index contributed by atoms with van der Waals surface area (Å²) in [5.41, 5.74) is 16.7. The molecule has 0 atom stereocenters. The van der Waals surface area contributed by atoms with E-state index < -0.39 is 5.24 Å². The number of nitrogens with one attached hydrogen (secondary N) is 4. The third-order valence-corrected chi connectivity index (χ3v) is 8.42. The number of rotatable bonds is 9. The summed E-state index contributed by atoms with van der Waals surface area (Å²) in [6, 6.07) is 53.4. The molecular formula is C48H43ClN7O5P. The summed E-state index contributed by atoms with van der Waals surface area (Å²) in [5.74, 6) is -1.23. The smallest absolute Gasteiger partial charge is 0.255 e. The van der Waals surface area contributed by atoms with Crippen LogP contribution in [-0.2, 0) is 0 Å². The van der Waals surface area contributed by atoms with Crippen LogP contribution in [0.2, 0.25) is 0 Å². The number of hydrogen-bond donors (Lipinski definition) is 6. The molecule has 0 fully saturated rings. The topological polar surface area (TPSA) is 198 Å². The molecule has 0 saturated carbocycles. The number of nitrogen functional groups attached to an aromatic ring is 2. The Kier molecular flexibility index (Phi) is 18.8. The standard InChI is InChI=1S/C34H26N4O4.C7H5ClO.C6H8N2.CH4NP/c39-31(23-8-3-1-4-9-23)35-27-14-18-29(19-15-27)37-33(41)25-12-7-13-26(22-25)34(42)38-30-20-16-28(17-21-30)36-32(40)24-10-5-2-6-11-24;8-7(9)6-4-2-1-3-5-6;7-5-1-2-6(8)4-3-5;1-2-3/h1-22H,(H,35,39)(H,36,40)(H,37,41)(H,38,42);1-5H;1-4H,7-8H2;3H,1H3. The van der Waals surface area contributed by atoms with Crippen LogP contribution in [0.3, 0.4) is 0 Å². The van der Waals surface area contributed by atoms with Gasteiger partial charge in [-0.15, -0.1) is 0 Å². The third kappa shape index (κ3) is 16.0. The molecule has 0 radical (unpaired) electrons. The van der Waals surface area contributed by atoms with Crippen molar-refractivity contribution >= 4 is 83.6 Å². The Hall–Kier alpha value is -7.92. The zero-order chi connectivity index (χ0) is 44.7. The minimum atomic E-state index is -0.407. The van der Waals surface area contributed by atoms with E-state index in [1.54, 1.807) is 171 Å². The van der Waals surface area contributed by atoms with Crippen LogP contribution in [0.4, 0.5) is 34.1 Å². The first-order valence-corrected chi connectivity index (χ1v) is 19.6. The Morgan fingerprint density at radius 2 is 0.645 bits per heavy atom. The molecule has 4 amide bonds. The van der Waals surface area contributed by atoms with Gasteiger partial charge in [-0.1, -0.05) is 72.8 Å². The first-order chi connectivity index (χ1) is 29.9. The highest BCUT2D eigenvalue weighted by Gasteiger charge is 2.13. The fourth-order valence-corrected chi connectivity index (χ4v) is 5.26. The largest absolute Gasteiger partial charge is 0.399 e. The number of hydrogen-bond acceptors (Lipinski definition) is 8. The lowest BCUT2D eigenvalue weighted by Crippen LogP contribution is -2.16. The van der Waals surface area contributed by atoms with Crippen molar-refractivity contribution in [3.05, 3.63) is 216 Å². The van der Waals surface area contributed by atoms with Gasteiger partial charge in [-0.2, -0.15) is 0 Å². The van der Waals surface area contributed by atoms with Gasteiger partial charge in [-0.3, -0.25) is 28.7 Å². The fraction of sp³-hybridized carbons (Fsp3) is 0.0208. The van der Waals surface area contributed by atoms with Crippen LogP contribution < -0.4 is 32.7 Å². The van der Waals surface area contributed by atoms with Crippen molar-refractivity contribution in [2.75, 3.05) is 39.8 Å². The highest BCUT2D eigenvalue weighted by molar-refractivity contribution is 7.03. The minimum Gasteiger partial charge on any atom is -0.399 e. The molecule has 7 rings (SSSR count). The predicted octanol–water partition coefficient (Wildman–Crippen LogP) is 10.6. The van der Waals surface area contributed by atoms with Gasteiger partial charge in [0.2, 0.25) is 0 Å². The Morgan fingerprint density at radius 1 is 0.403 bits per heavy atom. The molecule has 62 heavy (non-hydrogen) atoms. The van der Waals surface area contributed by atoms with E-state index in [9.17, 15) is 24.0 Å². The minimum absolute atomic E-state index is 0.228. The molecule has 312 valence electrons. The van der Waals surface area contributed by atoms with Gasteiger partial charge >= 0.3 is 0 Å². The van der Waals surface area contributed by atoms with Crippen LogP contribution in [0.1, 0.15) is 51.8 Å². The highest BCUT2D eigenvalue weighted by Crippen LogP contribution is 2.19. The van der Waals surface area contributed by atoms with E-state index in [1.165, 1.54) is 6.07 Å². The van der Waals surface area contributed by atoms with Crippen LogP contribution in [0, 0.1) is 0 Å². The van der Waals surface area contributed by atoms with Crippen LogP contribution in [-0.4, -0.2) is 35.9 Å². The average Bonchev–Trinajstić information content (AvgIpc) is 3.30. The highest BCUT2D eigenvalue weighted by atomic mass is 35.5. The fourth-order valence-electron chi connectivity index (χ4n) is 5.13. The Labute approximate surface area is 366 Å². The number of amides is 4. The number of nitrogens with two attached hydrogens (primary N) is 2. The second-order valence-corrected chi connectivity index (χ2v) is 13.6. The van der Waals surface area contributed by atoms with Crippen molar-refractivity contribution in [3.63, 3.8) is 0 Å². The van der Waals surface area contributed by atoms with Gasteiger partial charge in [-0.05, 0) is 136 Å². The normalized spacial score (nSPS) is 9.65. The van der Waals surface area contributed by atoms with Gasteiger partial charge in [-0.25, -0.2) is 0 Å². The second kappa shape index (κ2) is 24.9. The first-order valence-electron chi connectivity index (χ1n) is 18.7. The molecule has 0 saturated heterocycles. The molecule has 0 heterocycles. The Bertz CT molecular complexity index is 2400. The van der Waals surface area contributed by atoms with Gasteiger partial charge in [0.05, 0.1) is 0 Å². The van der Waals surface area contributed by atoms with E-state index in [-0.39, 0.29) is 23.6 Å². The number of anilines is 6. The van der Waals surface area contributed by atoms with Crippen molar-refractivity contribution < 1.29 is 24.0 Å². The maximum absolute atomic E-state index is 12.9. The van der Waals surface area contributed by atoms with Gasteiger partial charge < -0.3 is 32.7 Å². The molecule has 0 aromatic heterocycles. The lowest BCUT2D eigenvalue weighted by molar-refractivity contribution is 0.101. The van der Waals surface area contributed by atoms with Crippen LogP contribution in [0.5, 0.6) is 0 Å². The van der Waals surface area contributed by atoms with E-state index in [1.807, 2.05) is 18.2 Å². The average molecular weight is 864 g/mol. The maximum atomic E-state index is 12.9. The zero-order valence-corrected chi connectivity index (χ0v) is 35.2. The number of benzene rings is 7. The van der Waals surface area contributed by atoms with Crippen molar-refractivity contribution in [1.82, 2.24) is 0 Å². The van der Waals surface area contributed by atoms with Crippen LogP contribution in [0.15, 0.2) is 193 Å². The van der Waals surface area contributed by atoms with E-state index >= 15 is 0 Å². The predicted molar refractivity (Wildman–Crippen MR) is 253 cm³/mol. The molecule has 12 nitrogen and oxygen atoms in total. The third-order valence-electron chi connectivity index (χ3n) is 8.20. The van der Waals surface area contributed by atoms with Crippen molar-refractivity contribution in [2.24, 2.45) is 4.74 Å². The number of carbonyl (C=O) groups is 5. The summed E-state index contributed by atoms with van der Waals surface area (Å²) in [6.07, 6.45) is 0. The molecule has 0 aliphatic carbocycles. The van der Waals surface area contributed by atoms with Crippen molar-refractivity contribution in [2.45, 2.75) is 0 Å². The van der Waals surface area contributed by atoms with Crippen molar-refractivity contribution in [1.29, 1.82) is 0 Å². The van der Waals surface area contributed by atoms with Gasteiger partial charge in [0, 0.05) is 69.0 Å². The van der Waals surface area contributed by atoms with Gasteiger partial charge in [0.15, 0.2) is 0 Å². The summed E-state index contributed by atoms with van der Waals surface area (Å²) in [5, 5.41) is 10.8. The second-order valence-electron chi connectivity index (χ2n) is 12.8. The maximum Gasteiger partial charge on any atom is 0.255 e. The molecule has 0 bridgehead atoms. The SMILES string of the molecule is CN=P.Nc1ccc(N)cc1.O=C(Cl)c1ccccc1.O=C(Nc1ccc(NC(=O)c2cccc(C(=O)Nc3ccc(NC(=O)c4ccccc4)cc3)c2)cc1)c1ccccc1. The summed E-state index contributed by atoms with van der Waals surface area (Å²) in [4.78, 5) is 60.8. The summed E-state index contributed by atoms with van der Waals surface area (Å²) in [6.45, 7) is 0. The summed E-state index contributed by atoms with van der Waals surface area (Å²) >= 11 is 5.16. The number of halogens is 1. The first kappa shape index (κ1) is 46.8. The Morgan fingerprint density at radius 3 is 0.903 bits per heavy atom. The molecule has 0 aliphatic rings. The molecule has 14 heteroatoms. The molecule has 8 N–H and O–H groups in total. The molecule has 7 aromatic rings. The van der Waals surface area contributed by atoms with Crippen molar-refractivity contribution in [3.8, 4) is 0 Å². The van der Waals surface area contributed by atoms with E-state index in [4.69, 9.17) is 23.1 Å². The quantitative estimate of drug-likeness (QED) is 0.0471. The lowest BCUT2D eigenvalue weighted by Gasteiger charge is -2.10. The summed E-state index contributed by atoms with van der Waals surface area (Å²) in [7, 11) is 4.47. The van der Waals surface area contributed by atoms with E-state index in [0.717, 1.165) is 11.4 Å². The number of nitrogens with zero attached hydrogens (tertiary/aromatic N) is 1. The van der Waals surface area contributed by atoms with Gasteiger partial charge in [0.1, 0.15) is 0 Å². The monoisotopic (exact) mass is 863 g/mol. The summed E-state index contributed by atoms with van der Waals surface area (Å²) < 4.78 is 3.31. The Balaban J connectivity index is 0.000000345. The zero-order valence-electron chi connectivity index (χ0n) is 33.4. The van der Waals surface area contributed by atoms with Crippen LogP contribution >= 0.6 is 20.6 Å². The molecule has 0 spiro atoms.